The first kappa shape index (κ1) is 36.1. The average molecular weight is 611 g/mol. The van der Waals surface area contributed by atoms with Crippen LogP contribution >= 0.6 is 0 Å². The molecule has 2 unspecified atom stereocenters. The van der Waals surface area contributed by atoms with Gasteiger partial charge in [-0.15, -0.1) is 0 Å². The molecule has 0 aliphatic carbocycles. The van der Waals surface area contributed by atoms with Crippen molar-refractivity contribution in [1.29, 1.82) is 0 Å². The van der Waals surface area contributed by atoms with E-state index in [-0.39, 0.29) is 46.3 Å². The summed E-state index contributed by atoms with van der Waals surface area (Å²) in [4.78, 5) is 50.8. The van der Waals surface area contributed by atoms with Crippen LogP contribution in [0.2, 0.25) is 0 Å². The summed E-state index contributed by atoms with van der Waals surface area (Å²) in [5, 5.41) is 20.6. The first-order valence-corrected chi connectivity index (χ1v) is 16.0. The summed E-state index contributed by atoms with van der Waals surface area (Å²) < 4.78 is 0. The summed E-state index contributed by atoms with van der Waals surface area (Å²) in [5.41, 5.74) is 11.8. The van der Waals surface area contributed by atoms with Crippen LogP contribution in [0.5, 0.6) is 11.5 Å². The molecule has 0 heterocycles. The van der Waals surface area contributed by atoms with Gasteiger partial charge in [-0.05, 0) is 86.8 Å². The molecule has 2 atom stereocenters. The summed E-state index contributed by atoms with van der Waals surface area (Å²) in [6, 6.07) is 9.85. The lowest BCUT2D eigenvalue weighted by Gasteiger charge is -2.19. The Morgan fingerprint density at radius 3 is 1.45 bits per heavy atom. The van der Waals surface area contributed by atoms with E-state index < -0.39 is 11.8 Å². The van der Waals surface area contributed by atoms with Gasteiger partial charge in [0.25, 0.3) is 11.8 Å². The third-order valence-corrected chi connectivity index (χ3v) is 7.83. The van der Waals surface area contributed by atoms with E-state index in [4.69, 9.17) is 0 Å². The maximum atomic E-state index is 12.9. The topological polar surface area (TPSA) is 157 Å². The van der Waals surface area contributed by atoms with Crippen LogP contribution in [-0.4, -0.2) is 33.8 Å². The lowest BCUT2D eigenvalue weighted by atomic mass is 9.92. The van der Waals surface area contributed by atoms with E-state index >= 15 is 0 Å². The minimum absolute atomic E-state index is 0.0818. The standard InChI is InChI=1S/C34H50N4O6/c1-5-9-13-23-17-19-27(29(39)21-23)33(43)37-35-31(41)25(8-4)15-11-16-26(12-7-3)32(42)36-38-34(44)28-20-18-24(14-10-6-2)22-30(28)40/h17-22,25-26,39-40H,5-16H2,1-4H3,(H,35,41)(H,36,42)(H,37,43)(H,38,44). The third-order valence-electron chi connectivity index (χ3n) is 7.83. The Morgan fingerprint density at radius 1 is 0.591 bits per heavy atom. The fourth-order valence-corrected chi connectivity index (χ4v) is 5.07. The third kappa shape index (κ3) is 11.5. The van der Waals surface area contributed by atoms with Gasteiger partial charge >= 0.3 is 0 Å². The number of rotatable bonds is 17. The van der Waals surface area contributed by atoms with E-state index in [2.05, 4.69) is 35.6 Å². The monoisotopic (exact) mass is 610 g/mol. The highest BCUT2D eigenvalue weighted by atomic mass is 16.3. The van der Waals surface area contributed by atoms with Crippen molar-refractivity contribution in [1.82, 2.24) is 21.7 Å². The zero-order chi connectivity index (χ0) is 32.5. The molecule has 0 radical (unpaired) electrons. The van der Waals surface area contributed by atoms with Gasteiger partial charge in [0.2, 0.25) is 11.8 Å². The second-order valence-electron chi connectivity index (χ2n) is 11.3. The van der Waals surface area contributed by atoms with E-state index in [1.807, 2.05) is 13.8 Å². The molecule has 10 nitrogen and oxygen atoms in total. The highest BCUT2D eigenvalue weighted by Crippen LogP contribution is 2.22. The molecule has 0 saturated carbocycles. The summed E-state index contributed by atoms with van der Waals surface area (Å²) in [5.74, 6) is -2.89. The van der Waals surface area contributed by atoms with Crippen LogP contribution < -0.4 is 21.7 Å². The summed E-state index contributed by atoms with van der Waals surface area (Å²) in [7, 11) is 0. The first-order valence-electron chi connectivity index (χ1n) is 16.0. The molecule has 44 heavy (non-hydrogen) atoms. The SMILES string of the molecule is CCCCc1ccc(C(=O)NNC(=O)C(CC)CCCC(CCC)C(=O)NNC(=O)c2ccc(CCCC)cc2O)c(O)c1. The van der Waals surface area contributed by atoms with Gasteiger partial charge in [-0.1, -0.05) is 65.5 Å². The highest BCUT2D eigenvalue weighted by molar-refractivity contribution is 5.98. The summed E-state index contributed by atoms with van der Waals surface area (Å²) >= 11 is 0. The van der Waals surface area contributed by atoms with Crippen LogP contribution in [0.1, 0.15) is 124 Å². The fraction of sp³-hybridized carbons (Fsp3) is 0.529. The number of aromatic hydroxyl groups is 2. The van der Waals surface area contributed by atoms with Crippen molar-refractivity contribution >= 4 is 23.6 Å². The van der Waals surface area contributed by atoms with Gasteiger partial charge in [-0.25, -0.2) is 0 Å². The van der Waals surface area contributed by atoms with E-state index in [0.29, 0.717) is 32.1 Å². The molecule has 0 bridgehead atoms. The van der Waals surface area contributed by atoms with Crippen molar-refractivity contribution in [2.24, 2.45) is 11.8 Å². The molecule has 2 aromatic carbocycles. The van der Waals surface area contributed by atoms with Crippen molar-refractivity contribution in [2.45, 2.75) is 105 Å². The van der Waals surface area contributed by atoms with Gasteiger partial charge < -0.3 is 10.2 Å². The van der Waals surface area contributed by atoms with E-state index in [1.165, 1.54) is 0 Å². The molecule has 0 saturated heterocycles. The molecule has 0 aliphatic heterocycles. The molecule has 4 amide bonds. The number of unbranched alkanes of at least 4 members (excludes halogenated alkanes) is 2. The van der Waals surface area contributed by atoms with Gasteiger partial charge in [0.1, 0.15) is 11.5 Å². The zero-order valence-electron chi connectivity index (χ0n) is 26.6. The fourth-order valence-electron chi connectivity index (χ4n) is 5.07. The van der Waals surface area contributed by atoms with Gasteiger partial charge in [-0.3, -0.25) is 40.9 Å². The number of amides is 4. The Bertz CT molecular complexity index is 1250. The lowest BCUT2D eigenvalue weighted by molar-refractivity contribution is -0.126. The minimum Gasteiger partial charge on any atom is -0.507 e. The predicted octanol–water partition coefficient (Wildman–Crippen LogP) is 5.62. The molecule has 242 valence electrons. The Balaban J connectivity index is 1.84. The minimum atomic E-state index is -0.602. The summed E-state index contributed by atoms with van der Waals surface area (Å²) in [6.07, 6.45) is 9.18. The number of phenols is 2. The second-order valence-corrected chi connectivity index (χ2v) is 11.3. The number of benzene rings is 2. The molecule has 0 spiro atoms. The molecule has 0 fully saturated rings. The van der Waals surface area contributed by atoms with Crippen molar-refractivity contribution in [2.75, 3.05) is 0 Å². The summed E-state index contributed by atoms with van der Waals surface area (Å²) in [6.45, 7) is 8.02. The zero-order valence-corrected chi connectivity index (χ0v) is 26.6. The van der Waals surface area contributed by atoms with Gasteiger partial charge in [0.05, 0.1) is 11.1 Å². The lowest BCUT2D eigenvalue weighted by Crippen LogP contribution is -2.45. The van der Waals surface area contributed by atoms with E-state index in [1.54, 1.807) is 36.4 Å². The molecule has 0 aromatic heterocycles. The number of hydrazine groups is 2. The first-order chi connectivity index (χ1) is 21.1. The van der Waals surface area contributed by atoms with Crippen LogP contribution in [0.25, 0.3) is 0 Å². The second kappa shape index (κ2) is 19.2. The van der Waals surface area contributed by atoms with Gasteiger partial charge in [-0.2, -0.15) is 0 Å². The molecular weight excluding hydrogens is 560 g/mol. The maximum Gasteiger partial charge on any atom is 0.273 e. The molecular formula is C34H50N4O6. The molecule has 2 aromatic rings. The average Bonchev–Trinajstić information content (AvgIpc) is 3.01. The number of nitrogens with one attached hydrogen (secondary N) is 4. The van der Waals surface area contributed by atoms with Crippen molar-refractivity contribution in [3.63, 3.8) is 0 Å². The maximum absolute atomic E-state index is 12.9. The predicted molar refractivity (Wildman–Crippen MR) is 171 cm³/mol. The van der Waals surface area contributed by atoms with Crippen molar-refractivity contribution in [3.05, 3.63) is 58.7 Å². The smallest absolute Gasteiger partial charge is 0.273 e. The number of hydrogen-bond acceptors (Lipinski definition) is 6. The van der Waals surface area contributed by atoms with Crippen LogP contribution in [0.4, 0.5) is 0 Å². The number of hydrogen-bond donors (Lipinski definition) is 6. The van der Waals surface area contributed by atoms with Crippen LogP contribution in [0.15, 0.2) is 36.4 Å². The molecule has 6 N–H and O–H groups in total. The van der Waals surface area contributed by atoms with E-state index in [9.17, 15) is 29.4 Å². The molecule has 10 heteroatoms. The largest absolute Gasteiger partial charge is 0.507 e. The number of phenolic OH excluding ortho intramolecular Hbond substituents is 2. The number of aryl methyl sites for hydroxylation is 2. The number of carbonyl (C=O) groups excluding carboxylic acids is 4. The van der Waals surface area contributed by atoms with Crippen molar-refractivity contribution < 1.29 is 29.4 Å². The van der Waals surface area contributed by atoms with Crippen molar-refractivity contribution in [3.8, 4) is 11.5 Å². The Morgan fingerprint density at radius 2 is 1.05 bits per heavy atom. The van der Waals surface area contributed by atoms with Crippen LogP contribution in [0.3, 0.4) is 0 Å². The quantitative estimate of drug-likeness (QED) is 0.128. The van der Waals surface area contributed by atoms with Crippen LogP contribution in [0, 0.1) is 11.8 Å². The van der Waals surface area contributed by atoms with Gasteiger partial charge in [0, 0.05) is 11.8 Å². The molecule has 2 rings (SSSR count). The van der Waals surface area contributed by atoms with E-state index in [0.717, 1.165) is 56.1 Å². The highest BCUT2D eigenvalue weighted by Gasteiger charge is 2.22. The van der Waals surface area contributed by atoms with Crippen LogP contribution in [-0.2, 0) is 22.4 Å². The Kier molecular flexibility index (Phi) is 15.8. The molecule has 0 aliphatic rings. The van der Waals surface area contributed by atoms with Gasteiger partial charge in [0.15, 0.2) is 0 Å². The number of carbonyl (C=O) groups is 4. The Labute approximate surface area is 261 Å². The Hall–Kier alpha value is -4.08. The normalized spacial score (nSPS) is 12.2.